The number of carbonyl (C=O) groups is 1. The first-order valence-corrected chi connectivity index (χ1v) is 9.90. The summed E-state index contributed by atoms with van der Waals surface area (Å²) in [5.74, 6) is 0.410. The van der Waals surface area contributed by atoms with E-state index >= 15 is 0 Å². The summed E-state index contributed by atoms with van der Waals surface area (Å²) >= 11 is 13.6. The highest BCUT2D eigenvalue weighted by molar-refractivity contribution is 7.16. The number of halogens is 2. The predicted molar refractivity (Wildman–Crippen MR) is 108 cm³/mol. The number of amides is 1. The largest absolute Gasteiger partial charge is 0.390 e. The zero-order valence-corrected chi connectivity index (χ0v) is 16.9. The van der Waals surface area contributed by atoms with Crippen molar-refractivity contribution in [2.45, 2.75) is 40.0 Å². The lowest BCUT2D eigenvalue weighted by Crippen LogP contribution is -2.27. The molecule has 0 fully saturated rings. The van der Waals surface area contributed by atoms with Crippen LogP contribution in [0, 0.1) is 11.3 Å². The SMILES string of the molecule is CC(C)(C)[C@H]1CCc2c(sc(N)c2C(=O)Nc2ccc(Cl)cc2Cl)C1. The first-order chi connectivity index (χ1) is 11.7. The predicted octanol–water partition coefficient (Wildman–Crippen LogP) is 6.04. The number of hydrogen-bond acceptors (Lipinski definition) is 3. The quantitative estimate of drug-likeness (QED) is 0.649. The van der Waals surface area contributed by atoms with Crippen LogP contribution in [0.15, 0.2) is 18.2 Å². The minimum Gasteiger partial charge on any atom is -0.390 e. The van der Waals surface area contributed by atoms with Crippen molar-refractivity contribution >= 4 is 51.1 Å². The van der Waals surface area contributed by atoms with E-state index in [1.165, 1.54) is 4.88 Å². The normalized spacial score (nSPS) is 17.2. The van der Waals surface area contributed by atoms with Crippen molar-refractivity contribution in [3.63, 3.8) is 0 Å². The molecular weight excluding hydrogens is 375 g/mol. The molecule has 0 spiro atoms. The van der Waals surface area contributed by atoms with Gasteiger partial charge in [0.15, 0.2) is 0 Å². The first kappa shape index (κ1) is 18.6. The van der Waals surface area contributed by atoms with Crippen molar-refractivity contribution in [2.75, 3.05) is 11.1 Å². The smallest absolute Gasteiger partial charge is 0.258 e. The summed E-state index contributed by atoms with van der Waals surface area (Å²) in [7, 11) is 0. The maximum Gasteiger partial charge on any atom is 0.258 e. The summed E-state index contributed by atoms with van der Waals surface area (Å²) in [5, 5.41) is 4.40. The Kier molecular flexibility index (Phi) is 5.06. The van der Waals surface area contributed by atoms with Crippen LogP contribution >= 0.6 is 34.5 Å². The molecule has 134 valence electrons. The number of anilines is 2. The molecule has 1 heterocycles. The van der Waals surface area contributed by atoms with Crippen LogP contribution in [0.1, 0.15) is 48.0 Å². The average molecular weight is 397 g/mol. The maximum absolute atomic E-state index is 12.8. The van der Waals surface area contributed by atoms with Crippen LogP contribution in [0.5, 0.6) is 0 Å². The highest BCUT2D eigenvalue weighted by atomic mass is 35.5. The lowest BCUT2D eigenvalue weighted by Gasteiger charge is -2.33. The van der Waals surface area contributed by atoms with E-state index in [0.717, 1.165) is 24.8 Å². The molecule has 1 aliphatic rings. The van der Waals surface area contributed by atoms with Gasteiger partial charge in [-0.3, -0.25) is 4.79 Å². The number of rotatable bonds is 2. The molecule has 3 N–H and O–H groups in total. The number of benzene rings is 1. The molecule has 0 unspecified atom stereocenters. The Morgan fingerprint density at radius 2 is 2.04 bits per heavy atom. The monoisotopic (exact) mass is 396 g/mol. The van der Waals surface area contributed by atoms with E-state index in [1.807, 2.05) is 0 Å². The molecule has 0 radical (unpaired) electrons. The number of fused-ring (bicyclic) bond motifs is 1. The van der Waals surface area contributed by atoms with Gasteiger partial charge < -0.3 is 11.1 Å². The van der Waals surface area contributed by atoms with E-state index in [2.05, 4.69) is 26.1 Å². The molecule has 3 rings (SSSR count). The summed E-state index contributed by atoms with van der Waals surface area (Å²) in [6.07, 6.45) is 2.96. The van der Waals surface area contributed by atoms with Crippen LogP contribution in [-0.2, 0) is 12.8 Å². The van der Waals surface area contributed by atoms with E-state index in [-0.39, 0.29) is 11.3 Å². The third kappa shape index (κ3) is 3.81. The molecule has 6 heteroatoms. The summed E-state index contributed by atoms with van der Waals surface area (Å²) in [6, 6.07) is 5.01. The van der Waals surface area contributed by atoms with Crippen LogP contribution in [0.4, 0.5) is 10.7 Å². The van der Waals surface area contributed by atoms with Gasteiger partial charge in [0.2, 0.25) is 0 Å². The minimum atomic E-state index is -0.201. The fourth-order valence-electron chi connectivity index (χ4n) is 3.37. The van der Waals surface area contributed by atoms with E-state index in [0.29, 0.717) is 32.2 Å². The molecule has 0 saturated heterocycles. The van der Waals surface area contributed by atoms with Gasteiger partial charge in [-0.25, -0.2) is 0 Å². The van der Waals surface area contributed by atoms with Crippen LogP contribution in [0.3, 0.4) is 0 Å². The number of nitrogen functional groups attached to an aromatic ring is 1. The number of nitrogens with one attached hydrogen (secondary N) is 1. The van der Waals surface area contributed by atoms with Gasteiger partial charge in [0.25, 0.3) is 5.91 Å². The Labute approximate surface area is 162 Å². The summed E-state index contributed by atoms with van der Waals surface area (Å²) < 4.78 is 0. The zero-order valence-electron chi connectivity index (χ0n) is 14.6. The van der Waals surface area contributed by atoms with Crippen LogP contribution in [0.2, 0.25) is 10.0 Å². The summed E-state index contributed by atoms with van der Waals surface area (Å²) in [5.41, 5.74) is 8.71. The average Bonchev–Trinajstić information content (AvgIpc) is 2.84. The zero-order chi connectivity index (χ0) is 18.4. The Morgan fingerprint density at radius 1 is 1.32 bits per heavy atom. The molecule has 2 aromatic rings. The van der Waals surface area contributed by atoms with Crippen LogP contribution < -0.4 is 11.1 Å². The van der Waals surface area contributed by atoms with Gasteiger partial charge in [-0.2, -0.15) is 0 Å². The van der Waals surface area contributed by atoms with Crippen molar-refractivity contribution in [3.8, 4) is 0 Å². The Balaban J connectivity index is 1.86. The fraction of sp³-hybridized carbons (Fsp3) is 0.421. The van der Waals surface area contributed by atoms with E-state index in [1.54, 1.807) is 29.5 Å². The highest BCUT2D eigenvalue weighted by Gasteiger charge is 2.33. The van der Waals surface area contributed by atoms with Gasteiger partial charge in [0, 0.05) is 9.90 Å². The van der Waals surface area contributed by atoms with Crippen molar-refractivity contribution in [2.24, 2.45) is 11.3 Å². The number of carbonyl (C=O) groups excluding carboxylic acids is 1. The molecule has 0 saturated carbocycles. The summed E-state index contributed by atoms with van der Waals surface area (Å²) in [6.45, 7) is 6.82. The first-order valence-electron chi connectivity index (χ1n) is 8.33. The fourth-order valence-corrected chi connectivity index (χ4v) is 5.02. The number of hydrogen-bond donors (Lipinski definition) is 2. The van der Waals surface area contributed by atoms with Crippen LogP contribution in [-0.4, -0.2) is 5.91 Å². The standard InChI is InChI=1S/C19H22Cl2N2OS/c1-19(2,3)10-4-6-12-15(8-10)25-17(22)16(12)18(24)23-14-7-5-11(20)9-13(14)21/h5,7,9-10H,4,6,8,22H2,1-3H3,(H,23,24)/t10-/m0/s1. The lowest BCUT2D eigenvalue weighted by molar-refractivity contribution is 0.102. The molecule has 1 aromatic heterocycles. The van der Waals surface area contributed by atoms with Gasteiger partial charge in [-0.05, 0) is 54.4 Å². The second kappa shape index (κ2) is 6.82. The van der Waals surface area contributed by atoms with E-state index in [4.69, 9.17) is 28.9 Å². The van der Waals surface area contributed by atoms with E-state index in [9.17, 15) is 4.79 Å². The van der Waals surface area contributed by atoms with Crippen molar-refractivity contribution in [3.05, 3.63) is 44.2 Å². The van der Waals surface area contributed by atoms with Gasteiger partial charge >= 0.3 is 0 Å². The molecular formula is C19H22Cl2N2OS. The molecule has 3 nitrogen and oxygen atoms in total. The Morgan fingerprint density at radius 3 is 2.68 bits per heavy atom. The number of thiophene rings is 1. The Bertz CT molecular complexity index is 824. The number of nitrogens with two attached hydrogens (primary N) is 1. The van der Waals surface area contributed by atoms with Gasteiger partial charge in [0.05, 0.1) is 21.3 Å². The minimum absolute atomic E-state index is 0.201. The van der Waals surface area contributed by atoms with Crippen molar-refractivity contribution < 1.29 is 4.79 Å². The molecule has 0 bridgehead atoms. The summed E-state index contributed by atoms with van der Waals surface area (Å²) in [4.78, 5) is 14.1. The van der Waals surface area contributed by atoms with Gasteiger partial charge in [0.1, 0.15) is 0 Å². The second-order valence-electron chi connectivity index (χ2n) is 7.63. The molecule has 1 aromatic carbocycles. The maximum atomic E-state index is 12.8. The van der Waals surface area contributed by atoms with Gasteiger partial charge in [-0.1, -0.05) is 44.0 Å². The molecule has 1 atom stereocenters. The van der Waals surface area contributed by atoms with Crippen molar-refractivity contribution in [1.82, 2.24) is 0 Å². The third-order valence-corrected chi connectivity index (χ3v) is 6.55. The second-order valence-corrected chi connectivity index (χ2v) is 9.61. The lowest BCUT2D eigenvalue weighted by atomic mass is 9.72. The molecule has 25 heavy (non-hydrogen) atoms. The topological polar surface area (TPSA) is 55.1 Å². The Hall–Kier alpha value is -1.23. The molecule has 1 aliphatic carbocycles. The van der Waals surface area contributed by atoms with E-state index < -0.39 is 0 Å². The van der Waals surface area contributed by atoms with Crippen molar-refractivity contribution in [1.29, 1.82) is 0 Å². The molecule has 1 amide bonds. The third-order valence-electron chi connectivity index (χ3n) is 4.92. The van der Waals surface area contributed by atoms with Gasteiger partial charge in [-0.15, -0.1) is 11.3 Å². The van der Waals surface area contributed by atoms with Crippen LogP contribution in [0.25, 0.3) is 0 Å². The molecule has 0 aliphatic heterocycles. The highest BCUT2D eigenvalue weighted by Crippen LogP contribution is 2.43.